The molecule has 3 rings (SSSR count). The van der Waals surface area contributed by atoms with Crippen LogP contribution in [0.4, 0.5) is 0 Å². The third-order valence-corrected chi connectivity index (χ3v) is 6.19. The SMILES string of the molecule is Cc1noc(CC(=O)N2CCCC23CCN(S(C)(=O)=O)CC3)n1. The van der Waals surface area contributed by atoms with Crippen LogP contribution in [0, 0.1) is 6.92 Å². The van der Waals surface area contributed by atoms with Crippen molar-refractivity contribution in [1.82, 2.24) is 19.3 Å². The van der Waals surface area contributed by atoms with Gasteiger partial charge in [-0.3, -0.25) is 4.79 Å². The number of aromatic nitrogens is 2. The quantitative estimate of drug-likeness (QED) is 0.786. The van der Waals surface area contributed by atoms with Gasteiger partial charge in [0.1, 0.15) is 6.42 Å². The second kappa shape index (κ2) is 5.86. The Balaban J connectivity index is 1.69. The van der Waals surface area contributed by atoms with E-state index in [0.29, 0.717) is 44.2 Å². The van der Waals surface area contributed by atoms with E-state index in [1.807, 2.05) is 4.90 Å². The van der Waals surface area contributed by atoms with Crippen molar-refractivity contribution < 1.29 is 17.7 Å². The molecule has 1 amide bonds. The van der Waals surface area contributed by atoms with Gasteiger partial charge in [-0.15, -0.1) is 0 Å². The Morgan fingerprint density at radius 2 is 1.96 bits per heavy atom. The van der Waals surface area contributed by atoms with Gasteiger partial charge in [0.05, 0.1) is 6.26 Å². The van der Waals surface area contributed by atoms with E-state index >= 15 is 0 Å². The maximum Gasteiger partial charge on any atom is 0.236 e. The van der Waals surface area contributed by atoms with Gasteiger partial charge in [0.2, 0.25) is 21.8 Å². The lowest BCUT2D eigenvalue weighted by molar-refractivity contribution is -0.136. The first-order chi connectivity index (χ1) is 10.8. The number of carbonyl (C=O) groups excluding carboxylic acids is 1. The van der Waals surface area contributed by atoms with Crippen LogP contribution in [0.15, 0.2) is 4.52 Å². The molecule has 9 heteroatoms. The molecule has 8 nitrogen and oxygen atoms in total. The number of piperidine rings is 1. The summed E-state index contributed by atoms with van der Waals surface area (Å²) in [6, 6.07) is 0. The fourth-order valence-corrected chi connectivity index (χ4v) is 4.56. The topological polar surface area (TPSA) is 96.6 Å². The van der Waals surface area contributed by atoms with Gasteiger partial charge >= 0.3 is 0 Å². The molecular formula is C14H22N4O4S. The van der Waals surface area contributed by atoms with Crippen molar-refractivity contribution >= 4 is 15.9 Å². The molecule has 0 radical (unpaired) electrons. The molecule has 0 aromatic carbocycles. The molecule has 2 aliphatic heterocycles. The fraction of sp³-hybridized carbons (Fsp3) is 0.786. The van der Waals surface area contributed by atoms with Crippen LogP contribution in [0.2, 0.25) is 0 Å². The van der Waals surface area contributed by atoms with Crippen molar-refractivity contribution in [1.29, 1.82) is 0 Å². The number of carbonyl (C=O) groups is 1. The van der Waals surface area contributed by atoms with Crippen molar-refractivity contribution in [2.45, 2.75) is 44.6 Å². The molecule has 23 heavy (non-hydrogen) atoms. The summed E-state index contributed by atoms with van der Waals surface area (Å²) in [7, 11) is -3.16. The van der Waals surface area contributed by atoms with E-state index in [9.17, 15) is 13.2 Å². The standard InChI is InChI=1S/C14H22N4O4S/c1-11-15-12(22-16-11)10-13(19)18-7-3-4-14(18)5-8-17(9-6-14)23(2,20)21/h3-10H2,1-2H3. The van der Waals surface area contributed by atoms with Crippen molar-refractivity contribution in [3.63, 3.8) is 0 Å². The molecule has 0 N–H and O–H groups in total. The molecule has 0 bridgehead atoms. The highest BCUT2D eigenvalue weighted by Crippen LogP contribution is 2.39. The summed E-state index contributed by atoms with van der Waals surface area (Å²) in [5.74, 6) is 0.840. The van der Waals surface area contributed by atoms with Gasteiger partial charge < -0.3 is 9.42 Å². The van der Waals surface area contributed by atoms with Crippen molar-refractivity contribution in [3.8, 4) is 0 Å². The third-order valence-electron chi connectivity index (χ3n) is 4.89. The minimum atomic E-state index is -3.16. The van der Waals surface area contributed by atoms with E-state index < -0.39 is 10.0 Å². The summed E-state index contributed by atoms with van der Waals surface area (Å²) >= 11 is 0. The number of sulfonamides is 1. The van der Waals surface area contributed by atoms with Gasteiger partial charge in [-0.05, 0) is 32.6 Å². The van der Waals surface area contributed by atoms with E-state index in [2.05, 4.69) is 10.1 Å². The summed E-state index contributed by atoms with van der Waals surface area (Å²) in [5.41, 5.74) is -0.215. The highest BCUT2D eigenvalue weighted by molar-refractivity contribution is 7.88. The average molecular weight is 342 g/mol. The first-order valence-electron chi connectivity index (χ1n) is 7.85. The molecule has 2 saturated heterocycles. The molecule has 0 unspecified atom stereocenters. The lowest BCUT2D eigenvalue weighted by atomic mass is 9.85. The molecule has 3 heterocycles. The molecule has 1 aromatic rings. The lowest BCUT2D eigenvalue weighted by Gasteiger charge is -2.44. The van der Waals surface area contributed by atoms with Crippen LogP contribution in [0.3, 0.4) is 0 Å². The minimum Gasteiger partial charge on any atom is -0.339 e. The van der Waals surface area contributed by atoms with Crippen LogP contribution >= 0.6 is 0 Å². The zero-order valence-corrected chi connectivity index (χ0v) is 14.3. The summed E-state index contributed by atoms with van der Waals surface area (Å²) in [4.78, 5) is 18.6. The van der Waals surface area contributed by atoms with Crippen molar-refractivity contribution in [2.75, 3.05) is 25.9 Å². The Bertz CT molecular complexity index is 691. The zero-order chi connectivity index (χ0) is 16.7. The van der Waals surface area contributed by atoms with Gasteiger partial charge in [0.15, 0.2) is 5.82 Å². The number of rotatable bonds is 3. The van der Waals surface area contributed by atoms with E-state index in [1.54, 1.807) is 6.92 Å². The molecule has 2 fully saturated rings. The Labute approximate surface area is 135 Å². The second-order valence-electron chi connectivity index (χ2n) is 6.45. The third kappa shape index (κ3) is 3.25. The first-order valence-corrected chi connectivity index (χ1v) is 9.70. The van der Waals surface area contributed by atoms with Gasteiger partial charge in [-0.2, -0.15) is 4.98 Å². The Kier molecular flexibility index (Phi) is 4.18. The summed E-state index contributed by atoms with van der Waals surface area (Å²) in [6.45, 7) is 3.38. The van der Waals surface area contributed by atoms with Crippen LogP contribution in [0.1, 0.15) is 37.4 Å². The maximum atomic E-state index is 12.6. The number of amides is 1. The van der Waals surface area contributed by atoms with Crippen LogP contribution in [0.25, 0.3) is 0 Å². The largest absolute Gasteiger partial charge is 0.339 e. The highest BCUT2D eigenvalue weighted by Gasteiger charge is 2.46. The first kappa shape index (κ1) is 16.4. The number of aryl methyl sites for hydroxylation is 1. The lowest BCUT2D eigenvalue weighted by Crippen LogP contribution is -2.55. The van der Waals surface area contributed by atoms with E-state index in [1.165, 1.54) is 10.6 Å². The molecule has 0 aliphatic carbocycles. The molecule has 1 aromatic heterocycles. The summed E-state index contributed by atoms with van der Waals surface area (Å²) < 4.78 is 29.9. The van der Waals surface area contributed by atoms with Crippen molar-refractivity contribution in [3.05, 3.63) is 11.7 Å². The van der Waals surface area contributed by atoms with Crippen LogP contribution in [-0.4, -0.2) is 65.1 Å². The molecule has 0 atom stereocenters. The molecule has 1 spiro atoms. The van der Waals surface area contributed by atoms with E-state index in [4.69, 9.17) is 4.52 Å². The molecule has 0 saturated carbocycles. The Morgan fingerprint density at radius 1 is 1.26 bits per heavy atom. The summed E-state index contributed by atoms with van der Waals surface area (Å²) in [6.07, 6.45) is 4.61. The van der Waals surface area contributed by atoms with Crippen LogP contribution in [-0.2, 0) is 21.2 Å². The molecule has 2 aliphatic rings. The van der Waals surface area contributed by atoms with Gasteiger partial charge in [0, 0.05) is 25.2 Å². The van der Waals surface area contributed by atoms with Gasteiger partial charge in [-0.25, -0.2) is 12.7 Å². The van der Waals surface area contributed by atoms with Gasteiger partial charge in [-0.1, -0.05) is 5.16 Å². The second-order valence-corrected chi connectivity index (χ2v) is 8.43. The Morgan fingerprint density at radius 3 is 2.52 bits per heavy atom. The molecular weight excluding hydrogens is 320 g/mol. The van der Waals surface area contributed by atoms with Gasteiger partial charge in [0.25, 0.3) is 0 Å². The normalized spacial score (nSPS) is 21.9. The van der Waals surface area contributed by atoms with E-state index in [0.717, 1.165) is 12.8 Å². The predicted molar refractivity (Wildman–Crippen MR) is 82.1 cm³/mol. The number of likely N-dealkylation sites (tertiary alicyclic amines) is 1. The monoisotopic (exact) mass is 342 g/mol. The molecule has 128 valence electrons. The van der Waals surface area contributed by atoms with Crippen molar-refractivity contribution in [2.24, 2.45) is 0 Å². The maximum absolute atomic E-state index is 12.6. The van der Waals surface area contributed by atoms with E-state index in [-0.39, 0.29) is 17.9 Å². The Hall–Kier alpha value is -1.48. The predicted octanol–water partition coefficient (Wildman–Crippen LogP) is 0.337. The fourth-order valence-electron chi connectivity index (χ4n) is 3.72. The smallest absolute Gasteiger partial charge is 0.236 e. The minimum absolute atomic E-state index is 0.0149. The zero-order valence-electron chi connectivity index (χ0n) is 13.5. The number of hydrogen-bond acceptors (Lipinski definition) is 6. The number of nitrogens with zero attached hydrogens (tertiary/aromatic N) is 4. The summed E-state index contributed by atoms with van der Waals surface area (Å²) in [5, 5.41) is 3.71. The highest BCUT2D eigenvalue weighted by atomic mass is 32.2. The number of hydrogen-bond donors (Lipinski definition) is 0. The van der Waals surface area contributed by atoms with Crippen LogP contribution < -0.4 is 0 Å². The van der Waals surface area contributed by atoms with Crippen LogP contribution in [0.5, 0.6) is 0 Å². The average Bonchev–Trinajstić information content (AvgIpc) is 3.05.